The van der Waals surface area contributed by atoms with Gasteiger partial charge in [0.05, 0.1) is 0 Å². The second-order valence-electron chi connectivity index (χ2n) is 8.85. The van der Waals surface area contributed by atoms with E-state index in [1.807, 2.05) is 13.0 Å². The van der Waals surface area contributed by atoms with Gasteiger partial charge in [0.1, 0.15) is 11.8 Å². The Morgan fingerprint density at radius 1 is 1.40 bits per heavy atom. The smallest absolute Gasteiger partial charge is 0.156 e. The third kappa shape index (κ3) is 2.04. The Hall–Kier alpha value is -1.11. The van der Waals surface area contributed by atoms with Gasteiger partial charge in [-0.05, 0) is 49.2 Å². The number of aliphatic hydroxyl groups is 1. The van der Waals surface area contributed by atoms with E-state index >= 15 is 4.39 Å². The molecular formula is C21H24ClFO2. The van der Waals surface area contributed by atoms with Gasteiger partial charge in [0.15, 0.2) is 5.78 Å². The Morgan fingerprint density at radius 3 is 2.80 bits per heavy atom. The lowest BCUT2D eigenvalue weighted by atomic mass is 9.47. The van der Waals surface area contributed by atoms with Crippen molar-refractivity contribution in [3.05, 3.63) is 22.8 Å². The van der Waals surface area contributed by atoms with E-state index in [0.29, 0.717) is 24.3 Å². The Morgan fingerprint density at radius 2 is 2.12 bits per heavy atom. The highest BCUT2D eigenvalue weighted by molar-refractivity contribution is 6.32. The fourth-order valence-electron chi connectivity index (χ4n) is 6.38. The largest absolute Gasteiger partial charge is 0.377 e. The van der Waals surface area contributed by atoms with Gasteiger partial charge in [-0.1, -0.05) is 37.4 Å². The number of allylic oxidation sites excluding steroid dienone is 4. The molecule has 0 aromatic heterocycles. The zero-order valence-electron chi connectivity index (χ0n) is 14.7. The van der Waals surface area contributed by atoms with Crippen LogP contribution in [-0.4, -0.2) is 22.7 Å². The van der Waals surface area contributed by atoms with Gasteiger partial charge in [-0.3, -0.25) is 4.79 Å². The number of fused-ring (bicyclic) bond motifs is 5. The molecule has 0 aliphatic heterocycles. The van der Waals surface area contributed by atoms with Gasteiger partial charge in [-0.15, -0.1) is 6.42 Å². The van der Waals surface area contributed by atoms with Crippen molar-refractivity contribution in [2.24, 2.45) is 28.6 Å². The van der Waals surface area contributed by atoms with E-state index in [4.69, 9.17) is 18.0 Å². The van der Waals surface area contributed by atoms with Crippen LogP contribution in [0.5, 0.6) is 0 Å². The molecule has 0 radical (unpaired) electrons. The molecule has 25 heavy (non-hydrogen) atoms. The van der Waals surface area contributed by atoms with E-state index in [-0.39, 0.29) is 30.0 Å². The number of ketones is 1. The van der Waals surface area contributed by atoms with Crippen molar-refractivity contribution in [3.8, 4) is 12.3 Å². The van der Waals surface area contributed by atoms with Crippen molar-refractivity contribution in [2.75, 3.05) is 0 Å². The standard InChI is InChI=1S/C21H24ClFO2/c1-4-21(25)8-6-14-13-10-16(22)15-9-12(24)5-7-19(15,2)18(13)17(23)11-20(14,21)3/h1,9-10,13-14,17-18,25H,5-8,11H2,2-3H3/t13-,14-,17-,18+,19-,20-,21-/m0/s1. The number of alkyl halides is 1. The summed E-state index contributed by atoms with van der Waals surface area (Å²) >= 11 is 6.57. The van der Waals surface area contributed by atoms with Crippen molar-refractivity contribution >= 4 is 17.4 Å². The zero-order valence-corrected chi connectivity index (χ0v) is 15.4. The van der Waals surface area contributed by atoms with Crippen LogP contribution in [0.25, 0.3) is 0 Å². The normalized spacial score (nSPS) is 51.6. The van der Waals surface area contributed by atoms with Gasteiger partial charge in [0.25, 0.3) is 0 Å². The molecule has 0 aromatic carbocycles. The molecule has 7 atom stereocenters. The van der Waals surface area contributed by atoms with E-state index in [9.17, 15) is 9.90 Å². The van der Waals surface area contributed by atoms with Gasteiger partial charge in [0.2, 0.25) is 0 Å². The molecule has 0 aromatic rings. The van der Waals surface area contributed by atoms with Gasteiger partial charge in [-0.25, -0.2) is 4.39 Å². The number of carbonyl (C=O) groups is 1. The summed E-state index contributed by atoms with van der Waals surface area (Å²) in [5.74, 6) is 2.46. The van der Waals surface area contributed by atoms with Crippen LogP contribution >= 0.6 is 11.6 Å². The molecule has 4 aliphatic carbocycles. The molecule has 2 nitrogen and oxygen atoms in total. The Balaban J connectivity index is 1.86. The maximum atomic E-state index is 15.6. The summed E-state index contributed by atoms with van der Waals surface area (Å²) in [5.41, 5.74) is -1.53. The molecule has 2 fully saturated rings. The highest BCUT2D eigenvalue weighted by atomic mass is 35.5. The first-order valence-corrected chi connectivity index (χ1v) is 9.51. The summed E-state index contributed by atoms with van der Waals surface area (Å²) in [6.07, 6.45) is 10.7. The van der Waals surface area contributed by atoms with E-state index in [1.54, 1.807) is 6.08 Å². The van der Waals surface area contributed by atoms with Crippen molar-refractivity contribution < 1.29 is 14.3 Å². The molecule has 1 N–H and O–H groups in total. The molecule has 134 valence electrons. The van der Waals surface area contributed by atoms with Crippen molar-refractivity contribution in [3.63, 3.8) is 0 Å². The first-order chi connectivity index (χ1) is 11.7. The quantitative estimate of drug-likeness (QED) is 0.656. The average Bonchev–Trinajstić information content (AvgIpc) is 2.81. The highest BCUT2D eigenvalue weighted by Gasteiger charge is 2.66. The molecule has 0 amide bonds. The topological polar surface area (TPSA) is 37.3 Å². The summed E-state index contributed by atoms with van der Waals surface area (Å²) in [7, 11) is 0. The van der Waals surface area contributed by atoms with Crippen LogP contribution in [0.3, 0.4) is 0 Å². The summed E-state index contributed by atoms with van der Waals surface area (Å²) in [6.45, 7) is 3.99. The van der Waals surface area contributed by atoms with Crippen LogP contribution in [0.1, 0.15) is 46.0 Å². The van der Waals surface area contributed by atoms with E-state index in [2.05, 4.69) is 12.8 Å². The molecule has 0 unspecified atom stereocenters. The predicted octanol–water partition coefficient (Wildman–Crippen LogP) is 4.17. The first-order valence-electron chi connectivity index (χ1n) is 9.13. The lowest BCUT2D eigenvalue weighted by Crippen LogP contribution is -2.57. The number of terminal acetylenes is 1. The summed E-state index contributed by atoms with van der Waals surface area (Å²) in [6, 6.07) is 0. The first kappa shape index (κ1) is 17.3. The van der Waals surface area contributed by atoms with Gasteiger partial charge in [0, 0.05) is 28.2 Å². The van der Waals surface area contributed by atoms with Crippen LogP contribution in [0.15, 0.2) is 22.8 Å². The molecule has 4 rings (SSSR count). The molecule has 0 spiro atoms. The van der Waals surface area contributed by atoms with Crippen LogP contribution in [0.4, 0.5) is 4.39 Å². The molecule has 4 aliphatic rings. The fourth-order valence-corrected chi connectivity index (χ4v) is 6.80. The molecule has 4 heteroatoms. The minimum absolute atomic E-state index is 0.0565. The number of hydrogen-bond donors (Lipinski definition) is 1. The maximum Gasteiger partial charge on any atom is 0.156 e. The maximum absolute atomic E-state index is 15.6. The molecule has 0 saturated heterocycles. The van der Waals surface area contributed by atoms with Crippen molar-refractivity contribution in [1.29, 1.82) is 0 Å². The predicted molar refractivity (Wildman–Crippen MR) is 95.5 cm³/mol. The van der Waals surface area contributed by atoms with Crippen LogP contribution < -0.4 is 0 Å². The summed E-state index contributed by atoms with van der Waals surface area (Å²) < 4.78 is 15.6. The third-order valence-corrected chi connectivity index (χ3v) is 8.18. The van der Waals surface area contributed by atoms with E-state index < -0.39 is 22.6 Å². The molecule has 2 saturated carbocycles. The second kappa shape index (κ2) is 5.21. The van der Waals surface area contributed by atoms with Gasteiger partial charge in [-0.2, -0.15) is 0 Å². The monoisotopic (exact) mass is 362 g/mol. The van der Waals surface area contributed by atoms with Crippen LogP contribution in [0.2, 0.25) is 0 Å². The van der Waals surface area contributed by atoms with Crippen molar-refractivity contribution in [1.82, 2.24) is 0 Å². The Bertz CT molecular complexity index is 749. The average molecular weight is 363 g/mol. The lowest BCUT2D eigenvalue weighted by molar-refractivity contribution is -0.123. The third-order valence-electron chi connectivity index (χ3n) is 7.85. The van der Waals surface area contributed by atoms with Crippen LogP contribution in [0, 0.1) is 40.9 Å². The molecular weight excluding hydrogens is 339 g/mol. The number of halogens is 2. The Kier molecular flexibility index (Phi) is 3.61. The van der Waals surface area contributed by atoms with Crippen LogP contribution in [-0.2, 0) is 4.79 Å². The fraction of sp³-hybridized carbons (Fsp3) is 0.667. The van der Waals surface area contributed by atoms with Gasteiger partial charge >= 0.3 is 0 Å². The minimum Gasteiger partial charge on any atom is -0.377 e. The van der Waals surface area contributed by atoms with Crippen molar-refractivity contribution in [2.45, 2.75) is 57.7 Å². The van der Waals surface area contributed by atoms with E-state index in [0.717, 1.165) is 12.0 Å². The zero-order chi connectivity index (χ0) is 18.2. The second-order valence-corrected chi connectivity index (χ2v) is 9.25. The number of rotatable bonds is 0. The summed E-state index contributed by atoms with van der Waals surface area (Å²) in [4.78, 5) is 11.9. The minimum atomic E-state index is -1.26. The number of carbonyl (C=O) groups excluding carboxylic acids is 1. The van der Waals surface area contributed by atoms with Gasteiger partial charge < -0.3 is 5.11 Å². The SMILES string of the molecule is C#C[C@]1(O)CC[C@H]2[C@@H]3C=C(Cl)C4=CC(=O)CC[C@]4(C)[C@H]3[C@@H](F)C[C@@]21C. The molecule has 0 bridgehead atoms. The Labute approximate surface area is 153 Å². The van der Waals surface area contributed by atoms with E-state index in [1.165, 1.54) is 0 Å². The summed E-state index contributed by atoms with van der Waals surface area (Å²) in [5, 5.41) is 11.5. The highest BCUT2D eigenvalue weighted by Crippen LogP contribution is 2.67. The number of hydrogen-bond acceptors (Lipinski definition) is 2. The lowest BCUT2D eigenvalue weighted by Gasteiger charge is -2.58. The molecule has 0 heterocycles.